The van der Waals surface area contributed by atoms with Crippen molar-refractivity contribution in [1.29, 1.82) is 0 Å². The summed E-state index contributed by atoms with van der Waals surface area (Å²) in [6.45, 7) is 4.37. The fourth-order valence-electron chi connectivity index (χ4n) is 3.22. The molecule has 0 atom stereocenters. The minimum absolute atomic E-state index is 0.362. The summed E-state index contributed by atoms with van der Waals surface area (Å²) in [6.07, 6.45) is 1.73. The third kappa shape index (κ3) is 3.56. The van der Waals surface area contributed by atoms with Crippen molar-refractivity contribution in [3.8, 4) is 16.5 Å². The highest BCUT2D eigenvalue weighted by molar-refractivity contribution is 7.16. The van der Waals surface area contributed by atoms with E-state index in [1.54, 1.807) is 13.4 Å². The number of nitrogens with zero attached hydrogens (tertiary/aromatic N) is 2. The normalized spacial score (nSPS) is 11.0. The van der Waals surface area contributed by atoms with E-state index in [-0.39, 0.29) is 0 Å². The molecule has 29 heavy (non-hydrogen) atoms. The molecule has 0 radical (unpaired) electrons. The lowest BCUT2D eigenvalue weighted by molar-refractivity contribution is 0.1000. The van der Waals surface area contributed by atoms with Crippen LogP contribution in [0.2, 0.25) is 0 Å². The highest BCUT2D eigenvalue weighted by atomic mass is 32.1. The number of hydrogen-bond acceptors (Lipinski definition) is 5. The second-order valence-corrected chi connectivity index (χ2v) is 7.81. The van der Waals surface area contributed by atoms with Crippen molar-refractivity contribution in [2.45, 2.75) is 20.5 Å². The average Bonchev–Trinajstić information content (AvgIpc) is 3.30. The Morgan fingerprint density at radius 2 is 1.93 bits per heavy atom. The van der Waals surface area contributed by atoms with Crippen molar-refractivity contribution in [1.82, 2.24) is 9.55 Å². The van der Waals surface area contributed by atoms with Gasteiger partial charge in [-0.1, -0.05) is 24.3 Å². The maximum atomic E-state index is 12.0. The van der Waals surface area contributed by atoms with E-state index in [0.29, 0.717) is 17.2 Å². The number of primary amides is 1. The van der Waals surface area contributed by atoms with Gasteiger partial charge in [0.05, 0.1) is 18.1 Å². The van der Waals surface area contributed by atoms with Gasteiger partial charge in [0.15, 0.2) is 0 Å². The van der Waals surface area contributed by atoms with Gasteiger partial charge in [-0.3, -0.25) is 9.36 Å². The molecule has 2 aromatic heterocycles. The highest BCUT2D eigenvalue weighted by Gasteiger charge is 2.18. The fourth-order valence-corrected chi connectivity index (χ4v) is 4.16. The number of carbonyl (C=O) groups excluding carboxylic acids is 1. The van der Waals surface area contributed by atoms with E-state index in [9.17, 15) is 4.79 Å². The van der Waals surface area contributed by atoms with Gasteiger partial charge < -0.3 is 15.2 Å². The van der Waals surface area contributed by atoms with Crippen LogP contribution < -0.4 is 15.2 Å². The molecule has 2 heterocycles. The van der Waals surface area contributed by atoms with Gasteiger partial charge in [0.1, 0.15) is 34.3 Å². The molecule has 0 spiro atoms. The first kappa shape index (κ1) is 19.0. The van der Waals surface area contributed by atoms with Crippen LogP contribution in [-0.4, -0.2) is 22.6 Å². The van der Waals surface area contributed by atoms with Gasteiger partial charge in [0, 0.05) is 12.1 Å². The second-order valence-electron chi connectivity index (χ2n) is 6.78. The molecule has 4 rings (SSSR count). The second kappa shape index (κ2) is 7.60. The number of aromatic nitrogens is 2. The van der Waals surface area contributed by atoms with Crippen LogP contribution in [0.5, 0.6) is 11.5 Å². The largest absolute Gasteiger partial charge is 0.496 e. The molecule has 0 aliphatic rings. The van der Waals surface area contributed by atoms with Crippen LogP contribution >= 0.6 is 11.3 Å². The Kier molecular flexibility index (Phi) is 4.98. The standard InChI is InChI=1S/C22H21N3O3S/c1-13-6-4-5-7-15(13)11-28-19-10-20(29-21(19)22(23)26)25-12-24-16-8-14(2)18(27-3)9-17(16)25/h4-10,12H,11H2,1-3H3,(H2,23,26). The zero-order valence-corrected chi connectivity index (χ0v) is 17.2. The van der Waals surface area contributed by atoms with Crippen LogP contribution in [0.1, 0.15) is 26.4 Å². The number of amides is 1. The molecule has 148 valence electrons. The maximum Gasteiger partial charge on any atom is 0.262 e. The summed E-state index contributed by atoms with van der Waals surface area (Å²) < 4.78 is 13.3. The molecule has 2 N–H and O–H groups in total. The Bertz CT molecular complexity index is 1210. The lowest BCUT2D eigenvalue weighted by Crippen LogP contribution is -2.10. The predicted octanol–water partition coefficient (Wildman–Crippen LogP) is 4.39. The first-order valence-corrected chi connectivity index (χ1v) is 9.92. The SMILES string of the molecule is COc1cc2c(cc1C)ncn2-c1cc(OCc2ccccc2C)c(C(N)=O)s1. The highest BCUT2D eigenvalue weighted by Crippen LogP contribution is 2.35. The van der Waals surface area contributed by atoms with Crippen molar-refractivity contribution in [2.75, 3.05) is 7.11 Å². The molecule has 0 fully saturated rings. The van der Waals surface area contributed by atoms with Crippen molar-refractivity contribution in [3.63, 3.8) is 0 Å². The lowest BCUT2D eigenvalue weighted by Gasteiger charge is -2.08. The molecule has 0 aliphatic heterocycles. The Morgan fingerprint density at radius 1 is 1.14 bits per heavy atom. The van der Waals surface area contributed by atoms with Gasteiger partial charge in [-0.05, 0) is 36.6 Å². The summed E-state index contributed by atoms with van der Waals surface area (Å²) >= 11 is 1.28. The molecular formula is C22H21N3O3S. The molecule has 6 nitrogen and oxygen atoms in total. The summed E-state index contributed by atoms with van der Waals surface area (Å²) in [5.41, 5.74) is 10.5. The number of nitrogens with two attached hydrogens (primary N) is 1. The average molecular weight is 407 g/mol. The van der Waals surface area contributed by atoms with Crippen LogP contribution in [0.25, 0.3) is 16.0 Å². The Labute approximate surface area is 172 Å². The van der Waals surface area contributed by atoms with Gasteiger partial charge >= 0.3 is 0 Å². The number of hydrogen-bond donors (Lipinski definition) is 1. The summed E-state index contributed by atoms with van der Waals surface area (Å²) in [7, 11) is 1.64. The first-order chi connectivity index (χ1) is 14.0. The molecule has 1 amide bonds. The van der Waals surface area contributed by atoms with Crippen molar-refractivity contribution < 1.29 is 14.3 Å². The number of ether oxygens (including phenoxy) is 2. The number of aryl methyl sites for hydroxylation is 2. The monoisotopic (exact) mass is 407 g/mol. The van der Waals surface area contributed by atoms with Gasteiger partial charge in [-0.15, -0.1) is 11.3 Å². The molecule has 0 aliphatic carbocycles. The third-order valence-electron chi connectivity index (χ3n) is 4.85. The molecule has 0 saturated carbocycles. The number of fused-ring (bicyclic) bond motifs is 1. The molecule has 0 unspecified atom stereocenters. The van der Waals surface area contributed by atoms with Crippen LogP contribution in [0.15, 0.2) is 48.8 Å². The van der Waals surface area contributed by atoms with Crippen molar-refractivity contribution >= 4 is 28.3 Å². The Hall–Kier alpha value is -3.32. The summed E-state index contributed by atoms with van der Waals surface area (Å²) in [4.78, 5) is 16.9. The number of benzene rings is 2. The van der Waals surface area contributed by atoms with Crippen LogP contribution in [0.3, 0.4) is 0 Å². The summed E-state index contributed by atoms with van der Waals surface area (Å²) in [5, 5.41) is 0.798. The molecule has 2 aromatic carbocycles. The summed E-state index contributed by atoms with van der Waals surface area (Å²) in [5.74, 6) is 0.738. The number of thiophene rings is 1. The first-order valence-electron chi connectivity index (χ1n) is 9.11. The van der Waals surface area contributed by atoms with Gasteiger partial charge in [-0.2, -0.15) is 0 Å². The van der Waals surface area contributed by atoms with Crippen LogP contribution in [0, 0.1) is 13.8 Å². The number of rotatable bonds is 6. The molecule has 7 heteroatoms. The van der Waals surface area contributed by atoms with E-state index in [2.05, 4.69) is 4.98 Å². The van der Waals surface area contributed by atoms with Gasteiger partial charge in [0.2, 0.25) is 0 Å². The van der Waals surface area contributed by atoms with Gasteiger partial charge in [0.25, 0.3) is 5.91 Å². The van der Waals surface area contributed by atoms with Crippen LogP contribution in [-0.2, 0) is 6.61 Å². The van der Waals surface area contributed by atoms with Crippen LogP contribution in [0.4, 0.5) is 0 Å². The fraction of sp³-hybridized carbons (Fsp3) is 0.182. The zero-order valence-electron chi connectivity index (χ0n) is 16.4. The number of carbonyl (C=O) groups is 1. The maximum absolute atomic E-state index is 12.0. The van der Waals surface area contributed by atoms with E-state index in [1.165, 1.54) is 11.3 Å². The van der Waals surface area contributed by atoms with E-state index in [4.69, 9.17) is 15.2 Å². The Morgan fingerprint density at radius 3 is 2.66 bits per heavy atom. The van der Waals surface area contributed by atoms with Crippen molar-refractivity contribution in [2.24, 2.45) is 5.73 Å². The minimum Gasteiger partial charge on any atom is -0.496 e. The van der Waals surface area contributed by atoms with E-state index in [0.717, 1.165) is 38.5 Å². The van der Waals surface area contributed by atoms with Crippen molar-refractivity contribution in [3.05, 3.63) is 70.4 Å². The quantitative estimate of drug-likeness (QED) is 0.514. The number of imidazole rings is 1. The molecule has 4 aromatic rings. The predicted molar refractivity (Wildman–Crippen MR) is 114 cm³/mol. The Balaban J connectivity index is 1.72. The molecule has 0 bridgehead atoms. The van der Waals surface area contributed by atoms with E-state index < -0.39 is 5.91 Å². The molecule has 0 saturated heterocycles. The third-order valence-corrected chi connectivity index (χ3v) is 5.98. The van der Waals surface area contributed by atoms with E-state index in [1.807, 2.05) is 60.9 Å². The van der Waals surface area contributed by atoms with Gasteiger partial charge in [-0.25, -0.2) is 4.98 Å². The van der Waals surface area contributed by atoms with E-state index >= 15 is 0 Å². The number of methoxy groups -OCH3 is 1. The zero-order chi connectivity index (χ0) is 20.5. The summed E-state index contributed by atoms with van der Waals surface area (Å²) in [6, 6.07) is 13.7. The minimum atomic E-state index is -0.515. The smallest absolute Gasteiger partial charge is 0.262 e. The lowest BCUT2D eigenvalue weighted by atomic mass is 10.1. The molecular weight excluding hydrogens is 386 g/mol. The topological polar surface area (TPSA) is 79.4 Å².